The van der Waals surface area contributed by atoms with Gasteiger partial charge >= 0.3 is 0 Å². The quantitative estimate of drug-likeness (QED) is 0.733. The highest BCUT2D eigenvalue weighted by atomic mass is 16.7. The third-order valence-electron chi connectivity index (χ3n) is 6.15. The van der Waals surface area contributed by atoms with Gasteiger partial charge in [-0.2, -0.15) is 0 Å². The van der Waals surface area contributed by atoms with Gasteiger partial charge in [0, 0.05) is 51.9 Å². The lowest BCUT2D eigenvalue weighted by Crippen LogP contribution is -2.47. The van der Waals surface area contributed by atoms with Crippen molar-refractivity contribution in [2.75, 3.05) is 57.5 Å². The maximum absolute atomic E-state index is 12.8. The van der Waals surface area contributed by atoms with Crippen molar-refractivity contribution in [3.05, 3.63) is 18.1 Å². The van der Waals surface area contributed by atoms with Gasteiger partial charge in [0.15, 0.2) is 11.6 Å². The average Bonchev–Trinajstić information content (AvgIpc) is 3.39. The van der Waals surface area contributed by atoms with Crippen LogP contribution in [0.2, 0.25) is 0 Å². The molecule has 4 fully saturated rings. The molecule has 4 aliphatic heterocycles. The molecule has 1 amide bonds. The van der Waals surface area contributed by atoms with Gasteiger partial charge in [-0.05, 0) is 0 Å². The summed E-state index contributed by atoms with van der Waals surface area (Å²) in [6, 6.07) is 0. The van der Waals surface area contributed by atoms with E-state index < -0.39 is 11.6 Å². The summed E-state index contributed by atoms with van der Waals surface area (Å²) in [5.41, 5.74) is 0.379. The first-order valence-electron chi connectivity index (χ1n) is 10.1. The molecule has 5 rings (SSSR count). The number of ether oxygens (including phenoxy) is 4. The van der Waals surface area contributed by atoms with Crippen molar-refractivity contribution in [3.63, 3.8) is 0 Å². The zero-order valence-corrected chi connectivity index (χ0v) is 16.0. The minimum atomic E-state index is -0.481. The molecule has 0 N–H and O–H groups in total. The van der Waals surface area contributed by atoms with E-state index in [9.17, 15) is 4.79 Å². The van der Waals surface area contributed by atoms with Crippen LogP contribution in [0, 0.1) is 0 Å². The van der Waals surface area contributed by atoms with Crippen LogP contribution in [0.5, 0.6) is 0 Å². The van der Waals surface area contributed by atoms with Crippen LogP contribution in [0.25, 0.3) is 0 Å². The van der Waals surface area contributed by atoms with Gasteiger partial charge in [-0.25, -0.2) is 9.97 Å². The van der Waals surface area contributed by atoms with Crippen molar-refractivity contribution in [1.82, 2.24) is 14.9 Å². The van der Waals surface area contributed by atoms with E-state index in [4.69, 9.17) is 18.9 Å². The molecule has 0 aliphatic carbocycles. The summed E-state index contributed by atoms with van der Waals surface area (Å²) < 4.78 is 23.0. The lowest BCUT2D eigenvalue weighted by molar-refractivity contribution is -0.181. The molecule has 0 aromatic carbocycles. The van der Waals surface area contributed by atoms with Crippen LogP contribution in [0.4, 0.5) is 5.82 Å². The highest BCUT2D eigenvalue weighted by Gasteiger charge is 2.42. The van der Waals surface area contributed by atoms with Crippen LogP contribution < -0.4 is 4.90 Å². The van der Waals surface area contributed by atoms with Crippen molar-refractivity contribution in [2.45, 2.75) is 37.3 Å². The summed E-state index contributed by atoms with van der Waals surface area (Å²) in [6.07, 6.45) is 6.30. The Balaban J connectivity index is 1.18. The van der Waals surface area contributed by atoms with Crippen molar-refractivity contribution in [1.29, 1.82) is 0 Å². The fourth-order valence-electron chi connectivity index (χ4n) is 4.46. The van der Waals surface area contributed by atoms with Gasteiger partial charge in [-0.1, -0.05) is 0 Å². The van der Waals surface area contributed by atoms with Gasteiger partial charge < -0.3 is 28.7 Å². The highest BCUT2D eigenvalue weighted by Crippen LogP contribution is 2.33. The molecule has 9 nitrogen and oxygen atoms in total. The fourth-order valence-corrected chi connectivity index (χ4v) is 4.46. The van der Waals surface area contributed by atoms with E-state index in [0.717, 1.165) is 31.7 Å². The molecule has 4 aliphatic rings. The van der Waals surface area contributed by atoms with E-state index in [2.05, 4.69) is 14.9 Å². The summed E-state index contributed by atoms with van der Waals surface area (Å²) in [4.78, 5) is 25.6. The number of anilines is 1. The number of carbonyl (C=O) groups excluding carboxylic acids is 1. The summed E-state index contributed by atoms with van der Waals surface area (Å²) in [5, 5.41) is 0. The van der Waals surface area contributed by atoms with Gasteiger partial charge in [0.2, 0.25) is 0 Å². The van der Waals surface area contributed by atoms with Crippen LogP contribution in [-0.4, -0.2) is 85.0 Å². The monoisotopic (exact) mass is 390 g/mol. The number of aromatic nitrogens is 2. The number of rotatable bonds is 2. The second kappa shape index (κ2) is 7.22. The molecule has 1 aromatic heterocycles. The maximum atomic E-state index is 12.8. The van der Waals surface area contributed by atoms with Crippen LogP contribution in [-0.2, 0) is 18.9 Å². The average molecular weight is 390 g/mol. The van der Waals surface area contributed by atoms with Crippen LogP contribution >= 0.6 is 0 Å². The minimum Gasteiger partial charge on any atom is -0.355 e. The van der Waals surface area contributed by atoms with Crippen molar-refractivity contribution in [3.8, 4) is 0 Å². The van der Waals surface area contributed by atoms with Crippen molar-refractivity contribution in [2.24, 2.45) is 0 Å². The zero-order chi connectivity index (χ0) is 19.0. The highest BCUT2D eigenvalue weighted by molar-refractivity contribution is 5.92. The van der Waals surface area contributed by atoms with Gasteiger partial charge in [-0.3, -0.25) is 4.79 Å². The Morgan fingerprint density at radius 2 is 1.32 bits per heavy atom. The third kappa shape index (κ3) is 3.36. The van der Waals surface area contributed by atoms with E-state index in [0.29, 0.717) is 58.1 Å². The summed E-state index contributed by atoms with van der Waals surface area (Å²) >= 11 is 0. The number of nitrogens with zero attached hydrogens (tertiary/aromatic N) is 4. The molecular formula is C19H26N4O5. The Hall–Kier alpha value is -1.81. The predicted molar refractivity (Wildman–Crippen MR) is 97.9 cm³/mol. The van der Waals surface area contributed by atoms with Crippen LogP contribution in [0.15, 0.2) is 12.4 Å². The Bertz CT molecular complexity index is 696. The van der Waals surface area contributed by atoms with Crippen molar-refractivity contribution >= 4 is 11.7 Å². The Morgan fingerprint density at radius 3 is 1.82 bits per heavy atom. The Kier molecular flexibility index (Phi) is 4.70. The smallest absolute Gasteiger partial charge is 0.274 e. The van der Waals surface area contributed by atoms with Gasteiger partial charge in [0.25, 0.3) is 5.91 Å². The van der Waals surface area contributed by atoms with E-state index in [1.54, 1.807) is 17.3 Å². The molecule has 28 heavy (non-hydrogen) atoms. The number of carbonyl (C=O) groups is 1. The first kappa shape index (κ1) is 18.2. The first-order chi connectivity index (χ1) is 13.7. The molecule has 0 bridgehead atoms. The summed E-state index contributed by atoms with van der Waals surface area (Å²) in [7, 11) is 0. The molecule has 0 saturated carbocycles. The lowest BCUT2D eigenvalue weighted by Gasteiger charge is -2.38. The number of amides is 1. The molecule has 0 atom stereocenters. The van der Waals surface area contributed by atoms with Crippen LogP contribution in [0.3, 0.4) is 0 Å². The summed E-state index contributed by atoms with van der Waals surface area (Å²) in [6.45, 7) is 5.44. The maximum Gasteiger partial charge on any atom is 0.274 e. The molecule has 5 heterocycles. The number of hydrogen-bond acceptors (Lipinski definition) is 8. The molecule has 2 spiro atoms. The van der Waals surface area contributed by atoms with Gasteiger partial charge in [0.1, 0.15) is 11.5 Å². The largest absolute Gasteiger partial charge is 0.355 e. The molecule has 152 valence electrons. The number of hydrogen-bond donors (Lipinski definition) is 0. The van der Waals surface area contributed by atoms with Gasteiger partial charge in [-0.15, -0.1) is 0 Å². The standard InChI is InChI=1S/C19H26N4O5/c24-17(23-7-3-19(4-8-23)27-11-12-28-19)15-13-21-16(14-20-15)22-5-1-18(2-6-22)25-9-10-26-18/h13-14H,1-12H2. The Labute approximate surface area is 163 Å². The number of piperidine rings is 2. The molecule has 1 aromatic rings. The lowest BCUT2D eigenvalue weighted by atomic mass is 10.0. The molecule has 0 unspecified atom stereocenters. The van der Waals surface area contributed by atoms with Gasteiger partial charge in [0.05, 0.1) is 38.8 Å². The predicted octanol–water partition coefficient (Wildman–Crippen LogP) is 0.799. The van der Waals surface area contributed by atoms with Crippen molar-refractivity contribution < 1.29 is 23.7 Å². The summed E-state index contributed by atoms with van der Waals surface area (Å²) in [5.74, 6) is -0.185. The second-order valence-corrected chi connectivity index (χ2v) is 7.75. The zero-order valence-electron chi connectivity index (χ0n) is 16.0. The minimum absolute atomic E-state index is 0.0859. The molecule has 9 heteroatoms. The third-order valence-corrected chi connectivity index (χ3v) is 6.15. The Morgan fingerprint density at radius 1 is 0.786 bits per heavy atom. The fraction of sp³-hybridized carbons (Fsp3) is 0.737. The molecule has 4 saturated heterocycles. The van der Waals surface area contributed by atoms with E-state index in [1.807, 2.05) is 0 Å². The van der Waals surface area contributed by atoms with E-state index in [-0.39, 0.29) is 5.91 Å². The molecule has 0 radical (unpaired) electrons. The van der Waals surface area contributed by atoms with E-state index >= 15 is 0 Å². The van der Waals surface area contributed by atoms with Crippen LogP contribution in [0.1, 0.15) is 36.2 Å². The van der Waals surface area contributed by atoms with E-state index in [1.165, 1.54) is 0 Å². The molecular weight excluding hydrogens is 364 g/mol. The normalized spacial score (nSPS) is 26.3. The SMILES string of the molecule is O=C(c1cnc(N2CCC3(CC2)OCCO3)cn1)N1CCC2(CC1)OCCO2. The number of likely N-dealkylation sites (tertiary alicyclic amines) is 1. The topological polar surface area (TPSA) is 86.3 Å². The first-order valence-corrected chi connectivity index (χ1v) is 10.1. The second-order valence-electron chi connectivity index (χ2n) is 7.75.